The van der Waals surface area contributed by atoms with Crippen molar-refractivity contribution >= 4 is 0 Å². The van der Waals surface area contributed by atoms with Gasteiger partial charge in [-0.1, -0.05) is 0 Å². The molecule has 0 bridgehead atoms. The van der Waals surface area contributed by atoms with E-state index in [2.05, 4.69) is 21.1 Å². The van der Waals surface area contributed by atoms with Crippen molar-refractivity contribution < 1.29 is 18.3 Å². The van der Waals surface area contributed by atoms with E-state index in [1.807, 2.05) is 0 Å². The zero-order valence-electron chi connectivity index (χ0n) is 11.1. The highest BCUT2D eigenvalue weighted by Crippen LogP contribution is 2.43. The van der Waals surface area contributed by atoms with Crippen molar-refractivity contribution in [2.24, 2.45) is 0 Å². The van der Waals surface area contributed by atoms with Crippen LogP contribution in [0, 0.1) is 6.07 Å². The van der Waals surface area contributed by atoms with E-state index < -0.39 is 17.6 Å². The van der Waals surface area contributed by atoms with Gasteiger partial charge in [-0.3, -0.25) is 4.98 Å². The predicted molar refractivity (Wildman–Crippen MR) is 66.0 cm³/mol. The molecule has 1 fully saturated rings. The third kappa shape index (κ3) is 2.39. The second kappa shape index (κ2) is 4.52. The first-order valence-corrected chi connectivity index (χ1v) is 6.38. The summed E-state index contributed by atoms with van der Waals surface area (Å²) >= 11 is 0. The standard InChI is InChI=1S/C13H12F3N4O/c1-12(21,13(14,15)16)11-18-10(8-3-2-6-17-7-8)19-20(11)9-4-5-9/h3,6-7,9,21H,4-5H2,1H3. The molecule has 0 saturated heterocycles. The molecule has 3 rings (SSSR count). The molecule has 2 aromatic rings. The number of alkyl halides is 3. The first-order valence-electron chi connectivity index (χ1n) is 6.38. The summed E-state index contributed by atoms with van der Waals surface area (Å²) in [5, 5.41) is 14.0. The fourth-order valence-corrected chi connectivity index (χ4v) is 1.93. The summed E-state index contributed by atoms with van der Waals surface area (Å²) in [5.74, 6) is -0.387. The monoisotopic (exact) mass is 297 g/mol. The fourth-order valence-electron chi connectivity index (χ4n) is 1.93. The third-order valence-electron chi connectivity index (χ3n) is 3.37. The Morgan fingerprint density at radius 1 is 1.38 bits per heavy atom. The van der Waals surface area contributed by atoms with Gasteiger partial charge in [-0.25, -0.2) is 9.67 Å². The Balaban J connectivity index is 2.10. The van der Waals surface area contributed by atoms with Crippen LogP contribution in [0.2, 0.25) is 0 Å². The summed E-state index contributed by atoms with van der Waals surface area (Å²) < 4.78 is 40.3. The first-order chi connectivity index (χ1) is 9.80. The van der Waals surface area contributed by atoms with Crippen LogP contribution in [0.1, 0.15) is 31.6 Å². The molecule has 8 heteroatoms. The summed E-state index contributed by atoms with van der Waals surface area (Å²) in [5.41, 5.74) is -2.59. The molecule has 1 aliphatic carbocycles. The zero-order valence-corrected chi connectivity index (χ0v) is 11.1. The van der Waals surface area contributed by atoms with E-state index in [-0.39, 0.29) is 11.9 Å². The van der Waals surface area contributed by atoms with Gasteiger partial charge in [0, 0.05) is 24.0 Å². The van der Waals surface area contributed by atoms with Crippen LogP contribution in [0.15, 0.2) is 18.5 Å². The van der Waals surface area contributed by atoms with E-state index in [1.54, 1.807) is 0 Å². The Morgan fingerprint density at radius 2 is 2.10 bits per heavy atom. The highest BCUT2D eigenvalue weighted by Gasteiger charge is 2.55. The number of aliphatic hydroxyl groups is 1. The second-order valence-corrected chi connectivity index (χ2v) is 5.18. The van der Waals surface area contributed by atoms with Gasteiger partial charge in [0.25, 0.3) is 0 Å². The quantitative estimate of drug-likeness (QED) is 0.943. The normalized spacial score (nSPS) is 18.5. The first kappa shape index (κ1) is 14.0. The van der Waals surface area contributed by atoms with Gasteiger partial charge in [0.15, 0.2) is 11.6 Å². The molecule has 1 saturated carbocycles. The summed E-state index contributed by atoms with van der Waals surface area (Å²) in [6.45, 7) is 0.690. The van der Waals surface area contributed by atoms with Crippen molar-refractivity contribution in [1.29, 1.82) is 0 Å². The molecule has 0 amide bonds. The summed E-state index contributed by atoms with van der Waals surface area (Å²) in [6.07, 6.45) is -0.514. The maximum absolute atomic E-state index is 13.0. The van der Waals surface area contributed by atoms with Crippen molar-refractivity contribution in [1.82, 2.24) is 19.7 Å². The van der Waals surface area contributed by atoms with Crippen LogP contribution in [-0.4, -0.2) is 31.0 Å². The number of hydrogen-bond donors (Lipinski definition) is 1. The van der Waals surface area contributed by atoms with Crippen LogP contribution in [0.25, 0.3) is 11.4 Å². The summed E-state index contributed by atoms with van der Waals surface area (Å²) in [7, 11) is 0. The van der Waals surface area contributed by atoms with Crippen molar-refractivity contribution in [3.05, 3.63) is 30.4 Å². The summed E-state index contributed by atoms with van der Waals surface area (Å²) in [4.78, 5) is 7.74. The Morgan fingerprint density at radius 3 is 2.62 bits per heavy atom. The SMILES string of the molecule is CC(O)(c1nc(-c2c[c]cnc2)nn1C1CC1)C(F)(F)F. The molecular weight excluding hydrogens is 285 g/mol. The lowest BCUT2D eigenvalue weighted by Gasteiger charge is -2.25. The van der Waals surface area contributed by atoms with Crippen LogP contribution >= 0.6 is 0 Å². The molecule has 2 aromatic heterocycles. The summed E-state index contributed by atoms with van der Waals surface area (Å²) in [6, 6.07) is 4.11. The van der Waals surface area contributed by atoms with Crippen molar-refractivity contribution in [3.63, 3.8) is 0 Å². The highest BCUT2D eigenvalue weighted by atomic mass is 19.4. The molecule has 1 aliphatic rings. The van der Waals surface area contributed by atoms with Crippen LogP contribution in [0.4, 0.5) is 13.2 Å². The smallest absolute Gasteiger partial charge is 0.374 e. The Labute approximate surface area is 118 Å². The molecular formula is C13H12F3N4O. The fraction of sp³-hybridized carbons (Fsp3) is 0.462. The van der Waals surface area contributed by atoms with Gasteiger partial charge < -0.3 is 5.11 Å². The molecule has 0 spiro atoms. The van der Waals surface area contributed by atoms with E-state index in [0.717, 1.165) is 12.8 Å². The molecule has 0 aromatic carbocycles. The minimum atomic E-state index is -4.83. The van der Waals surface area contributed by atoms with Crippen LogP contribution in [-0.2, 0) is 5.60 Å². The van der Waals surface area contributed by atoms with Crippen molar-refractivity contribution in [3.8, 4) is 11.4 Å². The predicted octanol–water partition coefficient (Wildman–Crippen LogP) is 2.24. The molecule has 5 nitrogen and oxygen atoms in total. The van der Waals surface area contributed by atoms with Crippen molar-refractivity contribution in [2.75, 3.05) is 0 Å². The maximum Gasteiger partial charge on any atom is 0.424 e. The largest absolute Gasteiger partial charge is 0.424 e. The molecule has 2 heterocycles. The van der Waals surface area contributed by atoms with Gasteiger partial charge in [-0.05, 0) is 25.8 Å². The lowest BCUT2D eigenvalue weighted by atomic mass is 10.1. The molecule has 21 heavy (non-hydrogen) atoms. The number of pyridine rings is 1. The van der Waals surface area contributed by atoms with Crippen molar-refractivity contribution in [2.45, 2.75) is 37.6 Å². The van der Waals surface area contributed by atoms with Gasteiger partial charge in [0.05, 0.1) is 6.04 Å². The van der Waals surface area contributed by atoms with Gasteiger partial charge >= 0.3 is 6.18 Å². The second-order valence-electron chi connectivity index (χ2n) is 5.18. The Bertz CT molecular complexity index is 647. The Hall–Kier alpha value is -1.96. The maximum atomic E-state index is 13.0. The number of halogens is 3. The average Bonchev–Trinajstić information content (AvgIpc) is 3.17. The van der Waals surface area contributed by atoms with Crippen LogP contribution in [0.3, 0.4) is 0 Å². The van der Waals surface area contributed by atoms with Crippen LogP contribution in [0.5, 0.6) is 0 Å². The molecule has 0 aliphatic heterocycles. The third-order valence-corrected chi connectivity index (χ3v) is 3.37. The lowest BCUT2D eigenvalue weighted by molar-refractivity contribution is -0.262. The van der Waals surface area contributed by atoms with E-state index >= 15 is 0 Å². The highest BCUT2D eigenvalue weighted by molar-refractivity contribution is 5.52. The van der Waals surface area contributed by atoms with Gasteiger partial charge in [0.1, 0.15) is 0 Å². The molecule has 1 unspecified atom stereocenters. The van der Waals surface area contributed by atoms with Crippen LogP contribution < -0.4 is 0 Å². The van der Waals surface area contributed by atoms with E-state index in [9.17, 15) is 18.3 Å². The molecule has 1 N–H and O–H groups in total. The minimum Gasteiger partial charge on any atom is -0.374 e. The number of aromatic nitrogens is 4. The molecule has 111 valence electrons. The zero-order chi connectivity index (χ0) is 15.3. The lowest BCUT2D eigenvalue weighted by Crippen LogP contribution is -2.41. The van der Waals surface area contributed by atoms with Gasteiger partial charge in [-0.2, -0.15) is 18.3 Å². The number of hydrogen-bond acceptors (Lipinski definition) is 4. The van der Waals surface area contributed by atoms with E-state index in [4.69, 9.17) is 0 Å². The Kier molecular flexibility index (Phi) is 3.01. The van der Waals surface area contributed by atoms with Gasteiger partial charge in [0.2, 0.25) is 5.60 Å². The minimum absolute atomic E-state index is 0.103. The van der Waals surface area contributed by atoms with E-state index in [1.165, 1.54) is 23.1 Å². The average molecular weight is 297 g/mol. The number of nitrogens with zero attached hydrogens (tertiary/aromatic N) is 4. The topological polar surface area (TPSA) is 63.8 Å². The molecule has 1 radical (unpaired) electrons. The van der Waals surface area contributed by atoms with Gasteiger partial charge in [-0.15, -0.1) is 0 Å². The molecule has 1 atom stereocenters. The number of rotatable bonds is 3. The van der Waals surface area contributed by atoms with E-state index in [0.29, 0.717) is 12.5 Å².